The van der Waals surface area contributed by atoms with Crippen LogP contribution in [0.4, 0.5) is 5.69 Å². The van der Waals surface area contributed by atoms with Gasteiger partial charge in [-0.05, 0) is 44.0 Å². The van der Waals surface area contributed by atoms with Crippen molar-refractivity contribution in [1.29, 1.82) is 0 Å². The minimum Gasteiger partial charge on any atom is -0.326 e. The van der Waals surface area contributed by atoms with Gasteiger partial charge in [-0.15, -0.1) is 0 Å². The summed E-state index contributed by atoms with van der Waals surface area (Å²) in [5.41, 5.74) is 2.09. The van der Waals surface area contributed by atoms with Crippen LogP contribution < -0.4 is 10.6 Å². The molecule has 1 aromatic rings. The lowest BCUT2D eigenvalue weighted by Gasteiger charge is -2.15. The summed E-state index contributed by atoms with van der Waals surface area (Å²) < 4.78 is 0. The van der Waals surface area contributed by atoms with Crippen LogP contribution in [0.1, 0.15) is 51.6 Å². The van der Waals surface area contributed by atoms with E-state index in [0.717, 1.165) is 25.1 Å². The number of hydrogen-bond donors (Lipinski definition) is 2. The molecule has 0 aliphatic carbocycles. The van der Waals surface area contributed by atoms with Gasteiger partial charge in [0.15, 0.2) is 0 Å². The lowest BCUT2D eigenvalue weighted by Crippen LogP contribution is -2.19. The number of nitrogens with one attached hydrogen (secondary N) is 2. The third kappa shape index (κ3) is 4.88. The maximum absolute atomic E-state index is 11.5. The van der Waals surface area contributed by atoms with E-state index in [1.54, 1.807) is 0 Å². The van der Waals surface area contributed by atoms with E-state index in [1.165, 1.54) is 5.56 Å². The molecule has 0 aromatic heterocycles. The van der Waals surface area contributed by atoms with Crippen molar-refractivity contribution in [3.05, 3.63) is 29.8 Å². The summed E-state index contributed by atoms with van der Waals surface area (Å²) in [6, 6.07) is 8.36. The van der Waals surface area contributed by atoms with Gasteiger partial charge >= 0.3 is 0 Å². The van der Waals surface area contributed by atoms with Crippen LogP contribution in [0.25, 0.3) is 0 Å². The fourth-order valence-corrected chi connectivity index (χ4v) is 1.82. The first kappa shape index (κ1) is 14.7. The van der Waals surface area contributed by atoms with E-state index in [4.69, 9.17) is 0 Å². The SMILES string of the molecule is CCCNC(C)c1cccc(NC(=O)CCC)c1. The summed E-state index contributed by atoms with van der Waals surface area (Å²) in [5.74, 6) is 0.0869. The molecule has 0 bridgehead atoms. The van der Waals surface area contributed by atoms with E-state index in [9.17, 15) is 4.79 Å². The number of amides is 1. The van der Waals surface area contributed by atoms with Crippen LogP contribution in [0.5, 0.6) is 0 Å². The summed E-state index contributed by atoms with van der Waals surface area (Å²) >= 11 is 0. The van der Waals surface area contributed by atoms with Crippen molar-refractivity contribution in [1.82, 2.24) is 5.32 Å². The average Bonchev–Trinajstić information content (AvgIpc) is 2.36. The Morgan fingerprint density at radius 3 is 2.72 bits per heavy atom. The van der Waals surface area contributed by atoms with E-state index in [2.05, 4.69) is 30.5 Å². The average molecular weight is 248 g/mol. The number of carbonyl (C=O) groups is 1. The molecule has 0 fully saturated rings. The molecule has 1 rings (SSSR count). The molecule has 100 valence electrons. The predicted molar refractivity (Wildman–Crippen MR) is 76.7 cm³/mol. The normalized spacial score (nSPS) is 12.2. The predicted octanol–water partition coefficient (Wildman–Crippen LogP) is 3.49. The van der Waals surface area contributed by atoms with Gasteiger partial charge in [-0.25, -0.2) is 0 Å². The van der Waals surface area contributed by atoms with Crippen molar-refractivity contribution in [3.8, 4) is 0 Å². The summed E-state index contributed by atoms with van der Waals surface area (Å²) in [4.78, 5) is 11.5. The van der Waals surface area contributed by atoms with Crippen molar-refractivity contribution in [2.75, 3.05) is 11.9 Å². The maximum atomic E-state index is 11.5. The van der Waals surface area contributed by atoms with Gasteiger partial charge in [0.1, 0.15) is 0 Å². The molecule has 0 radical (unpaired) electrons. The molecule has 3 nitrogen and oxygen atoms in total. The third-order valence-corrected chi connectivity index (χ3v) is 2.85. The van der Waals surface area contributed by atoms with E-state index < -0.39 is 0 Å². The molecule has 1 aromatic carbocycles. The molecular formula is C15H24N2O. The van der Waals surface area contributed by atoms with E-state index in [0.29, 0.717) is 12.5 Å². The first-order valence-electron chi connectivity index (χ1n) is 6.80. The largest absolute Gasteiger partial charge is 0.326 e. The zero-order valence-corrected chi connectivity index (χ0v) is 11.6. The topological polar surface area (TPSA) is 41.1 Å². The van der Waals surface area contributed by atoms with Crippen molar-refractivity contribution in [2.24, 2.45) is 0 Å². The molecule has 0 heterocycles. The molecule has 0 saturated carbocycles. The summed E-state index contributed by atoms with van der Waals surface area (Å²) in [6.07, 6.45) is 2.57. The lowest BCUT2D eigenvalue weighted by molar-refractivity contribution is -0.116. The fourth-order valence-electron chi connectivity index (χ4n) is 1.82. The van der Waals surface area contributed by atoms with Crippen LogP contribution in [0.15, 0.2) is 24.3 Å². The Labute approximate surface area is 110 Å². The van der Waals surface area contributed by atoms with Crippen molar-refractivity contribution in [3.63, 3.8) is 0 Å². The van der Waals surface area contributed by atoms with Crippen LogP contribution in [0, 0.1) is 0 Å². The van der Waals surface area contributed by atoms with Crippen molar-refractivity contribution < 1.29 is 4.79 Å². The van der Waals surface area contributed by atoms with Crippen LogP contribution in [-0.4, -0.2) is 12.5 Å². The Morgan fingerprint density at radius 2 is 2.06 bits per heavy atom. The first-order valence-corrected chi connectivity index (χ1v) is 6.80. The summed E-state index contributed by atoms with van der Waals surface area (Å²) in [5, 5.41) is 6.37. The minimum atomic E-state index is 0.0869. The fraction of sp³-hybridized carbons (Fsp3) is 0.533. The molecule has 1 unspecified atom stereocenters. The van der Waals surface area contributed by atoms with Gasteiger partial charge in [-0.1, -0.05) is 26.0 Å². The number of carbonyl (C=O) groups excluding carboxylic acids is 1. The minimum absolute atomic E-state index is 0.0869. The second kappa shape index (κ2) is 7.88. The Hall–Kier alpha value is -1.35. The lowest BCUT2D eigenvalue weighted by atomic mass is 10.1. The standard InChI is InChI=1S/C15H24N2O/c1-4-7-15(18)17-14-9-6-8-13(11-14)12(3)16-10-5-2/h6,8-9,11-12,16H,4-5,7,10H2,1-3H3,(H,17,18). The van der Waals surface area contributed by atoms with Crippen molar-refractivity contribution in [2.45, 2.75) is 46.1 Å². The highest BCUT2D eigenvalue weighted by Gasteiger charge is 2.06. The molecular weight excluding hydrogens is 224 g/mol. The second-order valence-corrected chi connectivity index (χ2v) is 4.60. The van der Waals surface area contributed by atoms with E-state index >= 15 is 0 Å². The van der Waals surface area contributed by atoms with Gasteiger partial charge in [0, 0.05) is 18.2 Å². The van der Waals surface area contributed by atoms with Crippen LogP contribution in [0.3, 0.4) is 0 Å². The van der Waals surface area contributed by atoms with Crippen LogP contribution in [0.2, 0.25) is 0 Å². The first-order chi connectivity index (χ1) is 8.67. The van der Waals surface area contributed by atoms with E-state index in [-0.39, 0.29) is 5.91 Å². The number of anilines is 1. The highest BCUT2D eigenvalue weighted by Crippen LogP contribution is 2.17. The highest BCUT2D eigenvalue weighted by molar-refractivity contribution is 5.90. The molecule has 2 N–H and O–H groups in total. The number of benzene rings is 1. The van der Waals surface area contributed by atoms with Gasteiger partial charge in [0.25, 0.3) is 0 Å². The zero-order valence-electron chi connectivity index (χ0n) is 11.6. The van der Waals surface area contributed by atoms with Crippen LogP contribution >= 0.6 is 0 Å². The Kier molecular flexibility index (Phi) is 6.44. The molecule has 3 heteroatoms. The number of hydrogen-bond acceptors (Lipinski definition) is 2. The molecule has 18 heavy (non-hydrogen) atoms. The smallest absolute Gasteiger partial charge is 0.224 e. The Morgan fingerprint density at radius 1 is 1.28 bits per heavy atom. The Bertz CT molecular complexity index is 377. The van der Waals surface area contributed by atoms with E-state index in [1.807, 2.05) is 25.1 Å². The summed E-state index contributed by atoms with van der Waals surface area (Å²) in [6.45, 7) is 7.31. The van der Waals surface area contributed by atoms with Gasteiger partial charge in [-0.3, -0.25) is 4.79 Å². The quantitative estimate of drug-likeness (QED) is 0.775. The molecule has 1 amide bonds. The zero-order chi connectivity index (χ0) is 13.4. The highest BCUT2D eigenvalue weighted by atomic mass is 16.1. The number of rotatable bonds is 7. The monoisotopic (exact) mass is 248 g/mol. The third-order valence-electron chi connectivity index (χ3n) is 2.85. The maximum Gasteiger partial charge on any atom is 0.224 e. The molecule has 1 atom stereocenters. The summed E-state index contributed by atoms with van der Waals surface area (Å²) in [7, 11) is 0. The van der Waals surface area contributed by atoms with Crippen molar-refractivity contribution >= 4 is 11.6 Å². The van der Waals surface area contributed by atoms with Gasteiger partial charge in [0.2, 0.25) is 5.91 Å². The molecule has 0 saturated heterocycles. The molecule has 0 aliphatic rings. The van der Waals surface area contributed by atoms with Gasteiger partial charge < -0.3 is 10.6 Å². The van der Waals surface area contributed by atoms with Gasteiger partial charge in [0.05, 0.1) is 0 Å². The van der Waals surface area contributed by atoms with Gasteiger partial charge in [-0.2, -0.15) is 0 Å². The Balaban J connectivity index is 2.63. The molecule has 0 spiro atoms. The second-order valence-electron chi connectivity index (χ2n) is 4.60. The molecule has 0 aliphatic heterocycles. The van der Waals surface area contributed by atoms with Crippen LogP contribution in [-0.2, 0) is 4.79 Å².